The molecule has 5 heterocycles. The monoisotopic (exact) mass is 446 g/mol. The Morgan fingerprint density at radius 1 is 1.21 bits per heavy atom. The van der Waals surface area contributed by atoms with Crippen LogP contribution in [0.5, 0.6) is 0 Å². The normalized spacial score (nSPS) is 19.1. The Hall–Kier alpha value is -4.12. The minimum absolute atomic E-state index is 0.0324. The number of anilines is 1. The number of nitrogens with one attached hydrogen (secondary N) is 2. The number of aromatic nitrogens is 6. The molecule has 1 fully saturated rings. The van der Waals surface area contributed by atoms with Crippen LogP contribution in [0.4, 0.5) is 5.95 Å². The molecule has 168 valence electrons. The predicted molar refractivity (Wildman–Crippen MR) is 118 cm³/mol. The molecule has 0 saturated carbocycles. The molecule has 4 aromatic heterocycles. The maximum atomic E-state index is 12.3. The molecule has 2 atom stereocenters. The van der Waals surface area contributed by atoms with E-state index in [2.05, 4.69) is 35.6 Å². The highest BCUT2D eigenvalue weighted by Crippen LogP contribution is 2.34. The first-order chi connectivity index (χ1) is 15.9. The second-order valence-electron chi connectivity index (χ2n) is 7.98. The van der Waals surface area contributed by atoms with Crippen molar-refractivity contribution < 1.29 is 14.4 Å². The fourth-order valence-electron chi connectivity index (χ4n) is 3.74. The zero-order valence-corrected chi connectivity index (χ0v) is 18.1. The number of carbonyl (C=O) groups excluding carboxylic acids is 1. The van der Waals surface area contributed by atoms with E-state index < -0.39 is 11.5 Å². The van der Waals surface area contributed by atoms with Crippen molar-refractivity contribution in [2.75, 3.05) is 18.9 Å². The Labute approximate surface area is 188 Å². The Kier molecular flexibility index (Phi) is 5.09. The van der Waals surface area contributed by atoms with Crippen LogP contribution >= 0.6 is 0 Å². The molecule has 33 heavy (non-hydrogen) atoms. The lowest BCUT2D eigenvalue weighted by Gasteiger charge is -2.16. The minimum Gasteiger partial charge on any atom is -0.373 e. The van der Waals surface area contributed by atoms with Crippen molar-refractivity contribution in [3.05, 3.63) is 60.2 Å². The number of likely N-dealkylation sites (N-methyl/N-ethyl adjacent to an activating group) is 1. The number of aromatic amines is 1. The molecular formula is C22H22N8O3. The third-order valence-corrected chi connectivity index (χ3v) is 5.72. The predicted octanol–water partition coefficient (Wildman–Crippen LogP) is 2.14. The third-order valence-electron chi connectivity index (χ3n) is 5.72. The van der Waals surface area contributed by atoms with Gasteiger partial charge in [-0.1, -0.05) is 11.2 Å². The number of hydrogen-bond donors (Lipinski definition) is 3. The number of carbonyl (C=O) groups is 1. The van der Waals surface area contributed by atoms with Gasteiger partial charge in [0.25, 0.3) is 5.91 Å². The molecule has 0 spiro atoms. The van der Waals surface area contributed by atoms with E-state index in [0.29, 0.717) is 35.3 Å². The van der Waals surface area contributed by atoms with Crippen LogP contribution in [0.15, 0.2) is 53.4 Å². The van der Waals surface area contributed by atoms with Gasteiger partial charge >= 0.3 is 0 Å². The summed E-state index contributed by atoms with van der Waals surface area (Å²) in [4.78, 5) is 27.3. The van der Waals surface area contributed by atoms with Crippen molar-refractivity contribution in [3.63, 3.8) is 0 Å². The van der Waals surface area contributed by atoms with Crippen LogP contribution in [0.25, 0.3) is 22.8 Å². The highest BCUT2D eigenvalue weighted by molar-refractivity contribution is 5.87. The van der Waals surface area contributed by atoms with Crippen molar-refractivity contribution >= 4 is 11.9 Å². The van der Waals surface area contributed by atoms with Crippen LogP contribution in [0.2, 0.25) is 0 Å². The first-order valence-corrected chi connectivity index (χ1v) is 10.5. The molecule has 11 nitrogen and oxygen atoms in total. The van der Waals surface area contributed by atoms with Gasteiger partial charge in [0.05, 0.1) is 29.3 Å². The van der Waals surface area contributed by atoms with E-state index in [-0.39, 0.29) is 18.2 Å². The van der Waals surface area contributed by atoms with Crippen LogP contribution in [-0.2, 0) is 10.4 Å². The molecule has 0 bridgehead atoms. The molecule has 0 radical (unpaired) electrons. The molecule has 4 aromatic rings. The fourth-order valence-corrected chi connectivity index (χ4v) is 3.74. The number of likely N-dealkylation sites (tertiary alicyclic amines) is 1. The molecule has 1 saturated heterocycles. The number of hydrogen-bond acceptors (Lipinski definition) is 9. The molecule has 1 aliphatic rings. The van der Waals surface area contributed by atoms with Gasteiger partial charge in [-0.25, -0.2) is 15.0 Å². The van der Waals surface area contributed by atoms with Gasteiger partial charge in [-0.05, 0) is 25.1 Å². The number of nitrogens with zero attached hydrogens (tertiary/aromatic N) is 6. The zero-order valence-electron chi connectivity index (χ0n) is 18.1. The molecule has 0 aromatic carbocycles. The molecule has 0 unspecified atom stereocenters. The Balaban J connectivity index is 1.39. The van der Waals surface area contributed by atoms with Gasteiger partial charge in [0, 0.05) is 44.0 Å². The second-order valence-corrected chi connectivity index (χ2v) is 7.98. The first kappa shape index (κ1) is 20.8. The molecule has 3 N–H and O–H groups in total. The summed E-state index contributed by atoms with van der Waals surface area (Å²) in [5.74, 6) is 0.168. The molecule has 5 rings (SSSR count). The van der Waals surface area contributed by atoms with Crippen molar-refractivity contribution in [2.45, 2.75) is 25.0 Å². The van der Waals surface area contributed by atoms with Gasteiger partial charge < -0.3 is 19.8 Å². The number of rotatable bonds is 6. The van der Waals surface area contributed by atoms with E-state index >= 15 is 0 Å². The molecule has 11 heteroatoms. The number of pyridine rings is 1. The molecule has 0 aliphatic carbocycles. The third kappa shape index (κ3) is 3.82. The SMILES string of the molecule is C[C@H](Nc1nccc(-c2cccc(-c3cc([C@]4(O)CCN(C)C4=O)on3)n2)n1)c1cn[nH]c1. The molecule has 1 amide bonds. The van der Waals surface area contributed by atoms with Crippen LogP contribution in [-0.4, -0.2) is 59.8 Å². The molecule has 1 aliphatic heterocycles. The van der Waals surface area contributed by atoms with Gasteiger partial charge in [0.2, 0.25) is 11.5 Å². The van der Waals surface area contributed by atoms with Gasteiger partial charge in [0.15, 0.2) is 5.76 Å². The van der Waals surface area contributed by atoms with Gasteiger partial charge in [-0.15, -0.1) is 0 Å². The lowest BCUT2D eigenvalue weighted by atomic mass is 9.98. The van der Waals surface area contributed by atoms with E-state index in [1.165, 1.54) is 4.90 Å². The van der Waals surface area contributed by atoms with Gasteiger partial charge in [0.1, 0.15) is 5.69 Å². The molecular weight excluding hydrogens is 424 g/mol. The lowest BCUT2D eigenvalue weighted by Crippen LogP contribution is -2.35. The highest BCUT2D eigenvalue weighted by Gasteiger charge is 2.48. The Bertz CT molecular complexity index is 1290. The smallest absolute Gasteiger partial charge is 0.262 e. The highest BCUT2D eigenvalue weighted by atomic mass is 16.5. The van der Waals surface area contributed by atoms with Gasteiger partial charge in [-0.3, -0.25) is 9.89 Å². The maximum Gasteiger partial charge on any atom is 0.262 e. The summed E-state index contributed by atoms with van der Waals surface area (Å²) in [5, 5.41) is 24.8. The number of amides is 1. The van der Waals surface area contributed by atoms with Crippen molar-refractivity contribution in [1.29, 1.82) is 0 Å². The standard InChI is InChI=1S/C22H22N8O3/c1-13(14-11-24-25-12-14)26-21-23-8-6-17(28-21)15-4-3-5-16(27-15)18-10-19(33-29-18)22(32)7-9-30(2)20(22)31/h3-6,8,10-13,32H,7,9H2,1-2H3,(H,24,25)(H,23,26,28)/t13-,22+/m0/s1. The summed E-state index contributed by atoms with van der Waals surface area (Å²) in [6.45, 7) is 2.44. The minimum atomic E-state index is -1.70. The van der Waals surface area contributed by atoms with Crippen molar-refractivity contribution in [3.8, 4) is 22.8 Å². The second kappa shape index (κ2) is 8.10. The average molecular weight is 446 g/mol. The quantitative estimate of drug-likeness (QED) is 0.405. The fraction of sp³-hybridized carbons (Fsp3) is 0.273. The summed E-state index contributed by atoms with van der Waals surface area (Å²) in [6, 6.07) is 8.73. The Morgan fingerprint density at radius 3 is 2.73 bits per heavy atom. The van der Waals surface area contributed by atoms with Crippen molar-refractivity contribution in [2.24, 2.45) is 0 Å². The number of aliphatic hydroxyl groups is 1. The topological polar surface area (TPSA) is 146 Å². The van der Waals surface area contributed by atoms with Crippen LogP contribution in [0, 0.1) is 0 Å². The first-order valence-electron chi connectivity index (χ1n) is 10.5. The summed E-state index contributed by atoms with van der Waals surface area (Å²) < 4.78 is 5.34. The summed E-state index contributed by atoms with van der Waals surface area (Å²) in [6.07, 6.45) is 5.46. The van der Waals surface area contributed by atoms with Crippen molar-refractivity contribution in [1.82, 2.24) is 35.2 Å². The Morgan fingerprint density at radius 2 is 2.00 bits per heavy atom. The maximum absolute atomic E-state index is 12.3. The van der Waals surface area contributed by atoms with E-state index in [1.807, 2.05) is 25.3 Å². The van der Waals surface area contributed by atoms with E-state index in [0.717, 1.165) is 5.56 Å². The number of H-pyrrole nitrogens is 1. The summed E-state index contributed by atoms with van der Waals surface area (Å²) in [5.41, 5.74) is 1.49. The van der Waals surface area contributed by atoms with Crippen LogP contribution < -0.4 is 5.32 Å². The summed E-state index contributed by atoms with van der Waals surface area (Å²) in [7, 11) is 1.64. The zero-order chi connectivity index (χ0) is 23.0. The van der Waals surface area contributed by atoms with E-state index in [1.54, 1.807) is 37.6 Å². The van der Waals surface area contributed by atoms with Crippen LogP contribution in [0.3, 0.4) is 0 Å². The van der Waals surface area contributed by atoms with E-state index in [4.69, 9.17) is 4.52 Å². The van der Waals surface area contributed by atoms with Crippen LogP contribution in [0.1, 0.15) is 30.7 Å². The average Bonchev–Trinajstić information content (AvgIpc) is 3.59. The lowest BCUT2D eigenvalue weighted by molar-refractivity contribution is -0.144. The largest absolute Gasteiger partial charge is 0.373 e. The van der Waals surface area contributed by atoms with E-state index in [9.17, 15) is 9.90 Å². The summed E-state index contributed by atoms with van der Waals surface area (Å²) >= 11 is 0. The van der Waals surface area contributed by atoms with Gasteiger partial charge in [-0.2, -0.15) is 5.10 Å².